The van der Waals surface area contributed by atoms with Gasteiger partial charge < -0.3 is 5.32 Å². The Hall–Kier alpha value is -1.03. The molecule has 5 heteroatoms. The molecule has 98 valence electrons. The summed E-state index contributed by atoms with van der Waals surface area (Å²) in [7, 11) is 0. The summed E-state index contributed by atoms with van der Waals surface area (Å²) >= 11 is 15.2. The Labute approximate surface area is 129 Å². The first kappa shape index (κ1) is 14.4. The van der Waals surface area contributed by atoms with Crippen LogP contribution in [0.5, 0.6) is 0 Å². The van der Waals surface area contributed by atoms with Crippen LogP contribution < -0.4 is 5.32 Å². The van der Waals surface area contributed by atoms with Crippen LogP contribution in [-0.4, -0.2) is 12.3 Å². The van der Waals surface area contributed by atoms with Crippen molar-refractivity contribution in [2.45, 2.75) is 0 Å². The van der Waals surface area contributed by atoms with Gasteiger partial charge in [0.05, 0.1) is 17.3 Å². The van der Waals surface area contributed by atoms with Gasteiger partial charge in [0.25, 0.3) is 0 Å². The highest BCUT2D eigenvalue weighted by atomic mass is 79.9. The van der Waals surface area contributed by atoms with Crippen molar-refractivity contribution < 1.29 is 4.79 Å². The van der Waals surface area contributed by atoms with Crippen molar-refractivity contribution in [1.29, 1.82) is 0 Å². The summed E-state index contributed by atoms with van der Waals surface area (Å²) in [5.74, 6) is -0.00137. The number of ketones is 1. The Kier molecular flexibility index (Phi) is 4.86. The van der Waals surface area contributed by atoms with Crippen molar-refractivity contribution in [3.63, 3.8) is 0 Å². The van der Waals surface area contributed by atoms with Crippen molar-refractivity contribution >= 4 is 50.6 Å². The van der Waals surface area contributed by atoms with Gasteiger partial charge in [-0.25, -0.2) is 0 Å². The van der Waals surface area contributed by atoms with E-state index in [2.05, 4.69) is 21.2 Å². The third kappa shape index (κ3) is 3.96. The Morgan fingerprint density at radius 1 is 1.11 bits per heavy atom. The minimum atomic E-state index is -0.00137. The molecule has 2 rings (SSSR count). The van der Waals surface area contributed by atoms with E-state index in [0.717, 1.165) is 4.47 Å². The third-order valence-electron chi connectivity index (χ3n) is 2.54. The first-order valence-corrected chi connectivity index (χ1v) is 7.09. The van der Waals surface area contributed by atoms with Crippen LogP contribution in [0, 0.1) is 0 Å². The summed E-state index contributed by atoms with van der Waals surface area (Å²) < 4.78 is 0.942. The molecule has 1 N–H and O–H groups in total. The van der Waals surface area contributed by atoms with Gasteiger partial charge in [-0.1, -0.05) is 51.3 Å². The Morgan fingerprint density at radius 3 is 2.42 bits per heavy atom. The van der Waals surface area contributed by atoms with Gasteiger partial charge in [0.15, 0.2) is 5.78 Å². The van der Waals surface area contributed by atoms with E-state index in [4.69, 9.17) is 23.2 Å². The van der Waals surface area contributed by atoms with Crippen LogP contribution in [0.15, 0.2) is 46.9 Å². The molecule has 2 aromatic rings. The van der Waals surface area contributed by atoms with Gasteiger partial charge in [-0.05, 0) is 30.3 Å². The SMILES string of the molecule is O=C(CNc1ccc(Cl)cc1Cl)c1ccc(Br)cc1. The molecule has 0 heterocycles. The Balaban J connectivity index is 2.02. The molecule has 0 aliphatic rings. The molecule has 0 aliphatic heterocycles. The lowest BCUT2D eigenvalue weighted by Crippen LogP contribution is -2.14. The van der Waals surface area contributed by atoms with Crippen LogP contribution in [0.2, 0.25) is 10.0 Å². The average Bonchev–Trinajstić information content (AvgIpc) is 2.38. The zero-order valence-electron chi connectivity index (χ0n) is 9.79. The zero-order valence-corrected chi connectivity index (χ0v) is 12.9. The predicted octanol–water partition coefficient (Wildman–Crippen LogP) is 5.05. The van der Waals surface area contributed by atoms with Gasteiger partial charge in [0, 0.05) is 15.1 Å². The number of hydrogen-bond donors (Lipinski definition) is 1. The highest BCUT2D eigenvalue weighted by molar-refractivity contribution is 9.10. The van der Waals surface area contributed by atoms with Crippen molar-refractivity contribution in [2.24, 2.45) is 0 Å². The molecular formula is C14H10BrCl2NO. The summed E-state index contributed by atoms with van der Waals surface area (Å²) in [6, 6.07) is 12.3. The molecule has 0 aromatic heterocycles. The van der Waals surface area contributed by atoms with Crippen LogP contribution in [0.4, 0.5) is 5.69 Å². The molecular weight excluding hydrogens is 349 g/mol. The fourth-order valence-electron chi connectivity index (χ4n) is 1.55. The summed E-state index contributed by atoms with van der Waals surface area (Å²) in [6.45, 7) is 0.184. The van der Waals surface area contributed by atoms with Crippen LogP contribution in [0.1, 0.15) is 10.4 Å². The van der Waals surface area contributed by atoms with Crippen LogP contribution >= 0.6 is 39.1 Å². The molecule has 0 spiro atoms. The number of carbonyl (C=O) groups is 1. The largest absolute Gasteiger partial charge is 0.376 e. The van der Waals surface area contributed by atoms with Crippen molar-refractivity contribution in [1.82, 2.24) is 0 Å². The molecule has 19 heavy (non-hydrogen) atoms. The third-order valence-corrected chi connectivity index (χ3v) is 3.61. The van der Waals surface area contributed by atoms with E-state index in [0.29, 0.717) is 21.3 Å². The lowest BCUT2D eigenvalue weighted by Gasteiger charge is -2.08. The molecule has 0 saturated carbocycles. The molecule has 0 fully saturated rings. The quantitative estimate of drug-likeness (QED) is 0.774. The standard InChI is InChI=1S/C14H10BrCl2NO/c15-10-3-1-9(2-4-10)14(19)8-18-13-6-5-11(16)7-12(13)17/h1-7,18H,8H2. The molecule has 0 unspecified atom stereocenters. The number of anilines is 1. The summed E-state index contributed by atoms with van der Waals surface area (Å²) in [6.07, 6.45) is 0. The number of halogens is 3. The summed E-state index contributed by atoms with van der Waals surface area (Å²) in [4.78, 5) is 12.0. The maximum absolute atomic E-state index is 12.0. The maximum atomic E-state index is 12.0. The van der Waals surface area contributed by atoms with Gasteiger partial charge in [0.1, 0.15) is 0 Å². The highest BCUT2D eigenvalue weighted by Gasteiger charge is 2.07. The normalized spacial score (nSPS) is 10.3. The molecule has 0 bridgehead atoms. The smallest absolute Gasteiger partial charge is 0.181 e. The van der Waals surface area contributed by atoms with Crippen LogP contribution in [-0.2, 0) is 0 Å². The molecule has 0 atom stereocenters. The Morgan fingerprint density at radius 2 is 1.79 bits per heavy atom. The van der Waals surface area contributed by atoms with Crippen molar-refractivity contribution in [2.75, 3.05) is 11.9 Å². The van der Waals surface area contributed by atoms with Gasteiger partial charge in [-0.3, -0.25) is 4.79 Å². The molecule has 0 amide bonds. The van der Waals surface area contributed by atoms with E-state index in [9.17, 15) is 4.79 Å². The highest BCUT2D eigenvalue weighted by Crippen LogP contribution is 2.25. The number of hydrogen-bond acceptors (Lipinski definition) is 2. The predicted molar refractivity (Wildman–Crippen MR) is 83.4 cm³/mol. The number of nitrogens with one attached hydrogen (secondary N) is 1. The fraction of sp³-hybridized carbons (Fsp3) is 0.0714. The van der Waals surface area contributed by atoms with Crippen LogP contribution in [0.3, 0.4) is 0 Å². The van der Waals surface area contributed by atoms with E-state index < -0.39 is 0 Å². The first-order valence-electron chi connectivity index (χ1n) is 5.54. The number of Topliss-reactive ketones (excluding diaryl/α,β-unsaturated/α-hetero) is 1. The zero-order chi connectivity index (χ0) is 13.8. The minimum Gasteiger partial charge on any atom is -0.376 e. The van der Waals surface area contributed by atoms with Gasteiger partial charge in [-0.15, -0.1) is 0 Å². The summed E-state index contributed by atoms with van der Waals surface area (Å²) in [5.41, 5.74) is 1.34. The van der Waals surface area contributed by atoms with E-state index in [1.165, 1.54) is 0 Å². The van der Waals surface area contributed by atoms with Crippen molar-refractivity contribution in [3.05, 3.63) is 62.5 Å². The Bertz CT molecular complexity index is 599. The van der Waals surface area contributed by atoms with Gasteiger partial charge >= 0.3 is 0 Å². The lowest BCUT2D eigenvalue weighted by atomic mass is 10.1. The molecule has 0 aliphatic carbocycles. The second-order valence-corrected chi connectivity index (χ2v) is 5.67. The second kappa shape index (κ2) is 6.42. The number of rotatable bonds is 4. The molecule has 0 saturated heterocycles. The topological polar surface area (TPSA) is 29.1 Å². The van der Waals surface area contributed by atoms with E-state index >= 15 is 0 Å². The van der Waals surface area contributed by atoms with E-state index in [-0.39, 0.29) is 12.3 Å². The van der Waals surface area contributed by atoms with E-state index in [1.807, 2.05) is 12.1 Å². The maximum Gasteiger partial charge on any atom is 0.181 e. The molecule has 2 nitrogen and oxygen atoms in total. The summed E-state index contributed by atoms with van der Waals surface area (Å²) in [5, 5.41) is 4.06. The fourth-order valence-corrected chi connectivity index (χ4v) is 2.29. The van der Waals surface area contributed by atoms with Gasteiger partial charge in [-0.2, -0.15) is 0 Å². The molecule has 2 aromatic carbocycles. The monoisotopic (exact) mass is 357 g/mol. The lowest BCUT2D eigenvalue weighted by molar-refractivity contribution is 0.101. The van der Waals surface area contributed by atoms with Crippen LogP contribution in [0.25, 0.3) is 0 Å². The van der Waals surface area contributed by atoms with E-state index in [1.54, 1.807) is 30.3 Å². The second-order valence-electron chi connectivity index (χ2n) is 3.91. The number of benzene rings is 2. The number of carbonyl (C=O) groups excluding carboxylic acids is 1. The molecule has 0 radical (unpaired) electrons. The first-order chi connectivity index (χ1) is 9.06. The van der Waals surface area contributed by atoms with Crippen molar-refractivity contribution in [3.8, 4) is 0 Å². The van der Waals surface area contributed by atoms with Gasteiger partial charge in [0.2, 0.25) is 0 Å². The average molecular weight is 359 g/mol. The minimum absolute atomic E-state index is 0.00137.